The minimum atomic E-state index is -0.802. The van der Waals surface area contributed by atoms with E-state index in [0.717, 1.165) is 34.1 Å². The van der Waals surface area contributed by atoms with Crippen LogP contribution in [0, 0.1) is 6.92 Å². The Morgan fingerprint density at radius 1 is 0.821 bits per heavy atom. The number of hydrogen-bond donors (Lipinski definition) is 0. The quantitative estimate of drug-likeness (QED) is 0.591. The Labute approximate surface area is 163 Å². The normalized spacial score (nSPS) is 18.3. The molecule has 8 nitrogen and oxygen atoms in total. The third-order valence-corrected chi connectivity index (χ3v) is 5.09. The standard InChI is InChI=1S/C20H21N5O3/c1-15-2-4-17(5-3-15)25-19(27)18(26)24(20(25)28)14-22-10-12-23(13-11-22)16-6-8-21-9-7-16/h2-9H,10-14H2,1H3. The van der Waals surface area contributed by atoms with E-state index in [2.05, 4.69) is 9.88 Å². The number of amides is 4. The average Bonchev–Trinajstić information content (AvgIpc) is 2.93. The molecular weight excluding hydrogens is 358 g/mol. The minimum absolute atomic E-state index is 0.121. The zero-order valence-corrected chi connectivity index (χ0v) is 15.6. The molecule has 4 amide bonds. The fourth-order valence-electron chi connectivity index (χ4n) is 3.45. The van der Waals surface area contributed by atoms with Gasteiger partial charge in [0.15, 0.2) is 0 Å². The van der Waals surface area contributed by atoms with Crippen molar-refractivity contribution in [1.29, 1.82) is 0 Å². The summed E-state index contributed by atoms with van der Waals surface area (Å²) >= 11 is 0. The number of nitrogens with zero attached hydrogens (tertiary/aromatic N) is 5. The van der Waals surface area contributed by atoms with Crippen molar-refractivity contribution in [2.24, 2.45) is 0 Å². The number of hydrogen-bond acceptors (Lipinski definition) is 6. The van der Waals surface area contributed by atoms with Crippen LogP contribution in [-0.2, 0) is 9.59 Å². The van der Waals surface area contributed by atoms with E-state index in [0.29, 0.717) is 18.8 Å². The van der Waals surface area contributed by atoms with Crippen molar-refractivity contribution in [2.75, 3.05) is 42.6 Å². The first-order chi connectivity index (χ1) is 13.5. The van der Waals surface area contributed by atoms with E-state index in [1.165, 1.54) is 0 Å². The van der Waals surface area contributed by atoms with Crippen molar-refractivity contribution in [1.82, 2.24) is 14.8 Å². The maximum atomic E-state index is 12.7. The van der Waals surface area contributed by atoms with Gasteiger partial charge in [-0.3, -0.25) is 19.5 Å². The fraction of sp³-hybridized carbons (Fsp3) is 0.300. The molecule has 2 aliphatic heterocycles. The Bertz CT molecular complexity index is 892. The molecule has 0 N–H and O–H groups in total. The van der Waals surface area contributed by atoms with Crippen LogP contribution in [0.4, 0.5) is 16.2 Å². The van der Waals surface area contributed by atoms with Crippen LogP contribution in [-0.4, -0.2) is 65.5 Å². The predicted octanol–water partition coefficient (Wildman–Crippen LogP) is 1.46. The van der Waals surface area contributed by atoms with Crippen molar-refractivity contribution < 1.29 is 14.4 Å². The Kier molecular flexibility index (Phi) is 4.79. The molecule has 2 aliphatic rings. The molecule has 2 aromatic rings. The van der Waals surface area contributed by atoms with Crippen LogP contribution in [0.15, 0.2) is 48.8 Å². The number of benzene rings is 1. The molecular formula is C20H21N5O3. The Morgan fingerprint density at radius 3 is 2.11 bits per heavy atom. The second-order valence-corrected chi connectivity index (χ2v) is 6.94. The number of urea groups is 1. The summed E-state index contributed by atoms with van der Waals surface area (Å²) in [6.07, 6.45) is 3.52. The smallest absolute Gasteiger partial charge is 0.340 e. The summed E-state index contributed by atoms with van der Waals surface area (Å²) in [5, 5.41) is 0. The van der Waals surface area contributed by atoms with E-state index < -0.39 is 17.8 Å². The largest absolute Gasteiger partial charge is 0.369 e. The third kappa shape index (κ3) is 3.34. The van der Waals surface area contributed by atoms with Gasteiger partial charge in [0.2, 0.25) is 0 Å². The molecule has 0 radical (unpaired) electrons. The third-order valence-electron chi connectivity index (χ3n) is 5.09. The summed E-state index contributed by atoms with van der Waals surface area (Å²) in [6.45, 7) is 4.97. The Morgan fingerprint density at radius 2 is 1.46 bits per heavy atom. The van der Waals surface area contributed by atoms with Crippen LogP contribution in [0.3, 0.4) is 0 Å². The second-order valence-electron chi connectivity index (χ2n) is 6.94. The van der Waals surface area contributed by atoms with Crippen molar-refractivity contribution >= 4 is 29.2 Å². The number of rotatable bonds is 4. The fourth-order valence-corrected chi connectivity index (χ4v) is 3.45. The van der Waals surface area contributed by atoms with Crippen LogP contribution >= 0.6 is 0 Å². The first-order valence-electron chi connectivity index (χ1n) is 9.18. The first kappa shape index (κ1) is 18.1. The van der Waals surface area contributed by atoms with Crippen molar-refractivity contribution in [3.05, 3.63) is 54.4 Å². The first-order valence-corrected chi connectivity index (χ1v) is 9.18. The molecule has 1 aromatic heterocycles. The van der Waals surface area contributed by atoms with Crippen molar-refractivity contribution in [2.45, 2.75) is 6.92 Å². The number of carbonyl (C=O) groups is 3. The molecule has 3 heterocycles. The highest BCUT2D eigenvalue weighted by molar-refractivity contribution is 6.52. The molecule has 1 aromatic carbocycles. The number of imide groups is 2. The predicted molar refractivity (Wildman–Crippen MR) is 104 cm³/mol. The molecule has 0 atom stereocenters. The topological polar surface area (TPSA) is 77.1 Å². The SMILES string of the molecule is Cc1ccc(N2C(=O)C(=O)N(CN3CCN(c4ccncc4)CC3)C2=O)cc1. The zero-order chi connectivity index (χ0) is 19.7. The van der Waals surface area contributed by atoms with Gasteiger partial charge in [0.1, 0.15) is 0 Å². The van der Waals surface area contributed by atoms with Crippen LogP contribution < -0.4 is 9.80 Å². The van der Waals surface area contributed by atoms with E-state index >= 15 is 0 Å². The highest BCUT2D eigenvalue weighted by Gasteiger charge is 2.46. The number of carbonyl (C=O) groups excluding carboxylic acids is 3. The molecule has 2 saturated heterocycles. The molecule has 8 heteroatoms. The number of pyridine rings is 1. The summed E-state index contributed by atoms with van der Waals surface area (Å²) in [5.41, 5.74) is 2.53. The summed E-state index contributed by atoms with van der Waals surface area (Å²) in [7, 11) is 0. The minimum Gasteiger partial charge on any atom is -0.369 e. The number of aryl methyl sites for hydroxylation is 1. The van der Waals surface area contributed by atoms with Gasteiger partial charge in [-0.25, -0.2) is 14.6 Å². The molecule has 0 aliphatic carbocycles. The molecule has 0 saturated carbocycles. The average molecular weight is 379 g/mol. The monoisotopic (exact) mass is 379 g/mol. The van der Waals surface area contributed by atoms with Gasteiger partial charge < -0.3 is 4.90 Å². The summed E-state index contributed by atoms with van der Waals surface area (Å²) in [4.78, 5) is 47.8. The second kappa shape index (κ2) is 7.40. The van der Waals surface area contributed by atoms with Gasteiger partial charge in [0.05, 0.1) is 12.4 Å². The highest BCUT2D eigenvalue weighted by Crippen LogP contribution is 2.23. The number of anilines is 2. The zero-order valence-electron chi connectivity index (χ0n) is 15.6. The van der Waals surface area contributed by atoms with E-state index in [-0.39, 0.29) is 6.67 Å². The van der Waals surface area contributed by atoms with Crippen LogP contribution in [0.2, 0.25) is 0 Å². The van der Waals surface area contributed by atoms with Crippen LogP contribution in [0.1, 0.15) is 5.56 Å². The molecule has 0 spiro atoms. The highest BCUT2D eigenvalue weighted by atomic mass is 16.2. The molecule has 0 unspecified atom stereocenters. The van der Waals surface area contributed by atoms with Gasteiger partial charge in [0.25, 0.3) is 0 Å². The lowest BCUT2D eigenvalue weighted by molar-refractivity contribution is -0.140. The molecule has 4 rings (SSSR count). The lowest BCUT2D eigenvalue weighted by atomic mass is 10.2. The van der Waals surface area contributed by atoms with Gasteiger partial charge >= 0.3 is 17.8 Å². The van der Waals surface area contributed by atoms with E-state index in [1.54, 1.807) is 36.7 Å². The van der Waals surface area contributed by atoms with Crippen LogP contribution in [0.25, 0.3) is 0 Å². The number of piperazine rings is 1. The summed E-state index contributed by atoms with van der Waals surface area (Å²) in [5.74, 6) is -1.58. The van der Waals surface area contributed by atoms with Gasteiger partial charge in [-0.2, -0.15) is 0 Å². The molecule has 144 valence electrons. The summed E-state index contributed by atoms with van der Waals surface area (Å²) < 4.78 is 0. The van der Waals surface area contributed by atoms with E-state index in [1.807, 2.05) is 24.0 Å². The molecule has 28 heavy (non-hydrogen) atoms. The lowest BCUT2D eigenvalue weighted by Crippen LogP contribution is -2.51. The van der Waals surface area contributed by atoms with Gasteiger partial charge in [0, 0.05) is 44.3 Å². The van der Waals surface area contributed by atoms with Crippen molar-refractivity contribution in [3.63, 3.8) is 0 Å². The lowest BCUT2D eigenvalue weighted by Gasteiger charge is -2.37. The maximum absolute atomic E-state index is 12.7. The van der Waals surface area contributed by atoms with Gasteiger partial charge in [-0.1, -0.05) is 17.7 Å². The van der Waals surface area contributed by atoms with Crippen LogP contribution in [0.5, 0.6) is 0 Å². The van der Waals surface area contributed by atoms with E-state index in [4.69, 9.17) is 0 Å². The maximum Gasteiger partial charge on any atom is 0.340 e. The van der Waals surface area contributed by atoms with Gasteiger partial charge in [-0.15, -0.1) is 0 Å². The molecule has 0 bridgehead atoms. The molecule has 2 fully saturated rings. The number of aromatic nitrogens is 1. The van der Waals surface area contributed by atoms with Gasteiger partial charge in [-0.05, 0) is 31.2 Å². The van der Waals surface area contributed by atoms with Crippen molar-refractivity contribution in [3.8, 4) is 0 Å². The Balaban J connectivity index is 1.41. The summed E-state index contributed by atoms with van der Waals surface area (Å²) in [6, 6.07) is 10.3. The van der Waals surface area contributed by atoms with E-state index in [9.17, 15) is 14.4 Å². The Hall–Kier alpha value is -3.26.